The molecule has 0 radical (unpaired) electrons. The Balaban J connectivity index is 3.32. The molecule has 1 aromatic heterocycles. The van der Waals surface area contributed by atoms with Gasteiger partial charge in [0.2, 0.25) is 5.95 Å². The van der Waals surface area contributed by atoms with E-state index in [1.807, 2.05) is 0 Å². The third-order valence-electron chi connectivity index (χ3n) is 1.42. The fraction of sp³-hybridized carbons (Fsp3) is 0.143. The van der Waals surface area contributed by atoms with Crippen LogP contribution in [-0.2, 0) is 0 Å². The third-order valence-corrected chi connectivity index (χ3v) is 1.72. The number of rotatable bonds is 2. The summed E-state index contributed by atoms with van der Waals surface area (Å²) >= 11 is 5.36. The average Bonchev–Trinajstić information content (AvgIpc) is 2.01. The molecule has 0 saturated heterocycles. The molecule has 0 spiro atoms. The van der Waals surface area contributed by atoms with E-state index in [-0.39, 0.29) is 0 Å². The predicted molar refractivity (Wildman–Crippen MR) is 42.7 cm³/mol. The van der Waals surface area contributed by atoms with E-state index < -0.39 is 34.6 Å². The van der Waals surface area contributed by atoms with Crippen LogP contribution in [0.1, 0.15) is 22.5 Å². The Morgan fingerprint density at radius 1 is 1.57 bits per heavy atom. The molecule has 1 amide bonds. The van der Waals surface area contributed by atoms with E-state index in [0.717, 1.165) is 0 Å². The number of hydrogen-bond acceptors (Lipinski definition) is 2. The number of carbonyl (C=O) groups excluding carboxylic acids is 1. The lowest BCUT2D eigenvalue weighted by atomic mass is 10.2. The van der Waals surface area contributed by atoms with Crippen LogP contribution in [0.3, 0.4) is 0 Å². The molecule has 1 heterocycles. The van der Waals surface area contributed by atoms with Crippen molar-refractivity contribution in [3.8, 4) is 0 Å². The van der Waals surface area contributed by atoms with E-state index in [0.29, 0.717) is 6.07 Å². The molecule has 0 fully saturated rings. The van der Waals surface area contributed by atoms with Crippen LogP contribution >= 0.6 is 11.6 Å². The van der Waals surface area contributed by atoms with Crippen molar-refractivity contribution in [2.24, 2.45) is 5.73 Å². The summed E-state index contributed by atoms with van der Waals surface area (Å²) in [5, 5.41) is -0.472. The number of alkyl halides is 2. The predicted octanol–water partition coefficient (Wildman–Crippen LogP) is 1.91. The lowest BCUT2D eigenvalue weighted by Crippen LogP contribution is -2.15. The number of nitrogens with two attached hydrogens (primary N) is 1. The lowest BCUT2D eigenvalue weighted by molar-refractivity contribution is 0.0994. The molecule has 2 N–H and O–H groups in total. The number of pyridine rings is 1. The van der Waals surface area contributed by atoms with Crippen molar-refractivity contribution in [3.63, 3.8) is 0 Å². The van der Waals surface area contributed by atoms with Gasteiger partial charge in [-0.15, -0.1) is 0 Å². The van der Waals surface area contributed by atoms with Crippen LogP contribution in [-0.4, -0.2) is 10.9 Å². The number of primary amides is 1. The first kappa shape index (κ1) is 10.8. The minimum Gasteiger partial charge on any atom is -0.365 e. The summed E-state index contributed by atoms with van der Waals surface area (Å²) < 4.78 is 37.0. The normalized spacial score (nSPS) is 10.6. The Labute approximate surface area is 81.7 Å². The molecule has 0 unspecified atom stereocenters. The number of amides is 1. The fourth-order valence-electron chi connectivity index (χ4n) is 0.833. The first-order valence-corrected chi connectivity index (χ1v) is 3.75. The molecule has 14 heavy (non-hydrogen) atoms. The third kappa shape index (κ3) is 1.95. The summed E-state index contributed by atoms with van der Waals surface area (Å²) in [5.74, 6) is -2.54. The average molecular weight is 225 g/mol. The molecule has 1 aromatic rings. The standard InChI is InChI=1S/C7H4ClF3N2O/c8-2-1-3(5(9)10)13-6(11)4(2)7(12)14/h1,5H,(H2,12,14). The van der Waals surface area contributed by atoms with Crippen molar-refractivity contribution in [2.75, 3.05) is 0 Å². The van der Waals surface area contributed by atoms with E-state index in [4.69, 9.17) is 17.3 Å². The number of aromatic nitrogens is 1. The van der Waals surface area contributed by atoms with Crippen LogP contribution in [0.2, 0.25) is 5.02 Å². The van der Waals surface area contributed by atoms with Gasteiger partial charge < -0.3 is 5.73 Å². The van der Waals surface area contributed by atoms with Crippen molar-refractivity contribution in [3.05, 3.63) is 28.3 Å². The molecular formula is C7H4ClF3N2O. The highest BCUT2D eigenvalue weighted by molar-refractivity contribution is 6.33. The molecule has 0 aromatic carbocycles. The Bertz CT molecular complexity index is 360. The first-order valence-electron chi connectivity index (χ1n) is 3.37. The van der Waals surface area contributed by atoms with Gasteiger partial charge in [0, 0.05) is 0 Å². The van der Waals surface area contributed by atoms with Crippen molar-refractivity contribution in [1.29, 1.82) is 0 Å². The zero-order valence-corrected chi connectivity index (χ0v) is 7.36. The van der Waals surface area contributed by atoms with Crippen molar-refractivity contribution >= 4 is 17.5 Å². The van der Waals surface area contributed by atoms with Gasteiger partial charge in [-0.1, -0.05) is 11.6 Å². The second-order valence-corrected chi connectivity index (χ2v) is 2.77. The minimum absolute atomic E-state index is 0.472. The zero-order chi connectivity index (χ0) is 10.9. The van der Waals surface area contributed by atoms with Gasteiger partial charge in [0.05, 0.1) is 5.02 Å². The van der Waals surface area contributed by atoms with Gasteiger partial charge >= 0.3 is 0 Å². The van der Waals surface area contributed by atoms with Gasteiger partial charge in [-0.05, 0) is 6.07 Å². The molecule has 76 valence electrons. The number of halogens is 4. The molecule has 3 nitrogen and oxygen atoms in total. The molecule has 0 aliphatic heterocycles. The van der Waals surface area contributed by atoms with E-state index >= 15 is 0 Å². The zero-order valence-electron chi connectivity index (χ0n) is 6.60. The molecule has 7 heteroatoms. The Kier molecular flexibility index (Phi) is 2.95. The van der Waals surface area contributed by atoms with Crippen LogP contribution in [0, 0.1) is 5.95 Å². The molecule has 0 saturated carbocycles. The highest BCUT2D eigenvalue weighted by Gasteiger charge is 2.19. The summed E-state index contributed by atoms with van der Waals surface area (Å²) in [4.78, 5) is 13.4. The first-order chi connectivity index (χ1) is 6.43. The van der Waals surface area contributed by atoms with E-state index in [1.165, 1.54) is 0 Å². The van der Waals surface area contributed by atoms with Crippen LogP contribution in [0.5, 0.6) is 0 Å². The van der Waals surface area contributed by atoms with Gasteiger partial charge in [-0.3, -0.25) is 4.79 Å². The molecule has 0 bridgehead atoms. The maximum Gasteiger partial charge on any atom is 0.280 e. The van der Waals surface area contributed by atoms with Crippen molar-refractivity contribution in [2.45, 2.75) is 6.43 Å². The van der Waals surface area contributed by atoms with Crippen LogP contribution < -0.4 is 5.73 Å². The SMILES string of the molecule is NC(=O)c1c(Cl)cc(C(F)F)nc1F. The largest absolute Gasteiger partial charge is 0.365 e. The van der Waals surface area contributed by atoms with Gasteiger partial charge in [-0.2, -0.15) is 4.39 Å². The molecule has 0 aliphatic rings. The van der Waals surface area contributed by atoms with Crippen molar-refractivity contribution < 1.29 is 18.0 Å². The molecule has 0 atom stereocenters. The van der Waals surface area contributed by atoms with Gasteiger partial charge in [0.25, 0.3) is 12.3 Å². The maximum atomic E-state index is 12.9. The summed E-state index contributed by atoms with van der Waals surface area (Å²) in [7, 11) is 0. The summed E-state index contributed by atoms with van der Waals surface area (Å²) in [6.07, 6.45) is -2.95. The topological polar surface area (TPSA) is 56.0 Å². The Morgan fingerprint density at radius 2 is 2.14 bits per heavy atom. The van der Waals surface area contributed by atoms with E-state index in [9.17, 15) is 18.0 Å². The monoisotopic (exact) mass is 224 g/mol. The van der Waals surface area contributed by atoms with Crippen LogP contribution in [0.25, 0.3) is 0 Å². The summed E-state index contributed by atoms with van der Waals surface area (Å²) in [5.41, 5.74) is 3.23. The van der Waals surface area contributed by atoms with E-state index in [2.05, 4.69) is 4.98 Å². The maximum absolute atomic E-state index is 12.9. The summed E-state index contributed by atoms with van der Waals surface area (Å²) in [6, 6.07) is 0.704. The Morgan fingerprint density at radius 3 is 2.50 bits per heavy atom. The summed E-state index contributed by atoms with van der Waals surface area (Å²) in [6.45, 7) is 0. The highest BCUT2D eigenvalue weighted by Crippen LogP contribution is 2.24. The second kappa shape index (κ2) is 3.83. The smallest absolute Gasteiger partial charge is 0.280 e. The Hall–Kier alpha value is -1.30. The lowest BCUT2D eigenvalue weighted by Gasteiger charge is -2.04. The second-order valence-electron chi connectivity index (χ2n) is 2.36. The number of carbonyl (C=O) groups is 1. The minimum atomic E-state index is -2.95. The molecule has 1 rings (SSSR count). The fourth-order valence-corrected chi connectivity index (χ4v) is 1.12. The number of hydrogen-bond donors (Lipinski definition) is 1. The molecule has 0 aliphatic carbocycles. The van der Waals surface area contributed by atoms with E-state index in [1.54, 1.807) is 0 Å². The highest BCUT2D eigenvalue weighted by atomic mass is 35.5. The number of nitrogens with zero attached hydrogens (tertiary/aromatic N) is 1. The van der Waals surface area contributed by atoms with Crippen LogP contribution in [0.15, 0.2) is 6.07 Å². The van der Waals surface area contributed by atoms with Crippen LogP contribution in [0.4, 0.5) is 13.2 Å². The quantitative estimate of drug-likeness (QED) is 0.780. The van der Waals surface area contributed by atoms with Gasteiger partial charge in [-0.25, -0.2) is 13.8 Å². The van der Waals surface area contributed by atoms with Gasteiger partial charge in [0.15, 0.2) is 0 Å². The van der Waals surface area contributed by atoms with Crippen molar-refractivity contribution in [1.82, 2.24) is 4.98 Å². The molecular weight excluding hydrogens is 221 g/mol. The van der Waals surface area contributed by atoms with Gasteiger partial charge in [0.1, 0.15) is 11.3 Å².